The Balaban J connectivity index is 2.02. The van der Waals surface area contributed by atoms with Gasteiger partial charge in [-0.3, -0.25) is 4.79 Å². The molecule has 2 aliphatic rings. The predicted octanol–water partition coefficient (Wildman–Crippen LogP) is 3.59. The van der Waals surface area contributed by atoms with Gasteiger partial charge in [-0.2, -0.15) is 0 Å². The molecule has 0 saturated carbocycles. The number of hydrogen-bond acceptors (Lipinski definition) is 3. The fourth-order valence-corrected chi connectivity index (χ4v) is 3.96. The zero-order valence-electron chi connectivity index (χ0n) is 12.7. The average Bonchev–Trinajstić information content (AvgIpc) is 2.72. The molecule has 3 heteroatoms. The van der Waals surface area contributed by atoms with Crippen molar-refractivity contribution in [2.24, 2.45) is 11.3 Å². The van der Waals surface area contributed by atoms with Crippen LogP contribution in [0.3, 0.4) is 0 Å². The zero-order valence-corrected chi connectivity index (χ0v) is 12.7. The number of allylic oxidation sites excluding steroid dienone is 1. The number of ether oxygens (including phenoxy) is 1. The highest BCUT2D eigenvalue weighted by atomic mass is 16.5. The minimum Gasteiger partial charge on any atom is -0.469 e. The minimum absolute atomic E-state index is 0.0488. The molecule has 108 valence electrons. The van der Waals surface area contributed by atoms with E-state index in [1.165, 1.54) is 23.6 Å². The average molecular weight is 274 g/mol. The molecule has 0 radical (unpaired) electrons. The SMILES string of the molecule is CC(=O)OC1CC=C(C)C2Cc3c(C)coc3CC12C. The van der Waals surface area contributed by atoms with Crippen LogP contribution in [0.2, 0.25) is 0 Å². The molecule has 0 aromatic carbocycles. The monoisotopic (exact) mass is 274 g/mol. The second-order valence-corrected chi connectivity index (χ2v) is 6.54. The lowest BCUT2D eigenvalue weighted by atomic mass is 9.58. The lowest BCUT2D eigenvalue weighted by molar-refractivity contribution is -0.156. The van der Waals surface area contributed by atoms with E-state index < -0.39 is 0 Å². The molecular weight excluding hydrogens is 252 g/mol. The molecule has 1 aromatic heterocycles. The van der Waals surface area contributed by atoms with Crippen LogP contribution in [-0.4, -0.2) is 12.1 Å². The van der Waals surface area contributed by atoms with Crippen LogP contribution in [0.4, 0.5) is 0 Å². The van der Waals surface area contributed by atoms with Gasteiger partial charge in [0.1, 0.15) is 11.9 Å². The third kappa shape index (κ3) is 1.91. The van der Waals surface area contributed by atoms with E-state index in [2.05, 4.69) is 26.8 Å². The fraction of sp³-hybridized carbons (Fsp3) is 0.588. The van der Waals surface area contributed by atoms with Crippen molar-refractivity contribution in [2.45, 2.75) is 53.1 Å². The Kier molecular flexibility index (Phi) is 3.03. The van der Waals surface area contributed by atoms with E-state index in [1.807, 2.05) is 6.26 Å². The first-order chi connectivity index (χ1) is 9.41. The van der Waals surface area contributed by atoms with E-state index >= 15 is 0 Å². The Labute approximate surface area is 120 Å². The number of aryl methyl sites for hydroxylation is 1. The van der Waals surface area contributed by atoms with Crippen molar-refractivity contribution >= 4 is 5.97 Å². The molecule has 1 aromatic rings. The first-order valence-corrected chi connectivity index (χ1v) is 7.31. The number of hydrogen-bond donors (Lipinski definition) is 0. The van der Waals surface area contributed by atoms with Crippen LogP contribution in [0.1, 0.15) is 44.1 Å². The molecule has 0 bridgehead atoms. The predicted molar refractivity (Wildman–Crippen MR) is 76.4 cm³/mol. The lowest BCUT2D eigenvalue weighted by Crippen LogP contribution is -2.48. The van der Waals surface area contributed by atoms with Crippen molar-refractivity contribution in [2.75, 3.05) is 0 Å². The number of esters is 1. The highest BCUT2D eigenvalue weighted by Crippen LogP contribution is 2.51. The molecule has 3 atom stereocenters. The molecule has 0 N–H and O–H groups in total. The first kappa shape index (κ1) is 13.5. The summed E-state index contributed by atoms with van der Waals surface area (Å²) < 4.78 is 11.3. The van der Waals surface area contributed by atoms with Crippen LogP contribution < -0.4 is 0 Å². The molecular formula is C17H22O3. The summed E-state index contributed by atoms with van der Waals surface area (Å²) in [6.07, 6.45) is 6.70. The van der Waals surface area contributed by atoms with Gasteiger partial charge in [0.15, 0.2) is 0 Å². The molecule has 0 fully saturated rings. The molecule has 2 aliphatic carbocycles. The summed E-state index contributed by atoms with van der Waals surface area (Å²) >= 11 is 0. The van der Waals surface area contributed by atoms with E-state index in [0.29, 0.717) is 5.92 Å². The Morgan fingerprint density at radius 1 is 1.45 bits per heavy atom. The largest absolute Gasteiger partial charge is 0.469 e. The van der Waals surface area contributed by atoms with E-state index in [1.54, 1.807) is 0 Å². The molecule has 0 aliphatic heterocycles. The summed E-state index contributed by atoms with van der Waals surface area (Å²) in [6, 6.07) is 0. The van der Waals surface area contributed by atoms with Crippen molar-refractivity contribution in [3.05, 3.63) is 34.8 Å². The van der Waals surface area contributed by atoms with Crippen molar-refractivity contribution in [3.8, 4) is 0 Å². The molecule has 3 rings (SSSR count). The first-order valence-electron chi connectivity index (χ1n) is 7.31. The third-order valence-corrected chi connectivity index (χ3v) is 5.18. The second kappa shape index (κ2) is 4.51. The maximum atomic E-state index is 11.4. The van der Waals surface area contributed by atoms with Gasteiger partial charge in [0.05, 0.1) is 6.26 Å². The van der Waals surface area contributed by atoms with Gasteiger partial charge in [0.25, 0.3) is 0 Å². The summed E-state index contributed by atoms with van der Waals surface area (Å²) in [4.78, 5) is 11.4. The van der Waals surface area contributed by atoms with Crippen LogP contribution in [-0.2, 0) is 22.4 Å². The molecule has 0 amide bonds. The van der Waals surface area contributed by atoms with Gasteiger partial charge < -0.3 is 9.15 Å². The van der Waals surface area contributed by atoms with Crippen molar-refractivity contribution in [3.63, 3.8) is 0 Å². The summed E-state index contributed by atoms with van der Waals surface area (Å²) in [5.41, 5.74) is 3.96. The maximum Gasteiger partial charge on any atom is 0.302 e. The summed E-state index contributed by atoms with van der Waals surface area (Å²) in [5, 5.41) is 0. The molecule has 3 unspecified atom stereocenters. The number of furan rings is 1. The molecule has 0 saturated heterocycles. The van der Waals surface area contributed by atoms with E-state index in [-0.39, 0.29) is 17.5 Å². The third-order valence-electron chi connectivity index (χ3n) is 5.18. The molecule has 3 nitrogen and oxygen atoms in total. The molecule has 1 heterocycles. The highest BCUT2D eigenvalue weighted by molar-refractivity contribution is 5.66. The number of carbonyl (C=O) groups excluding carboxylic acids is 1. The summed E-state index contributed by atoms with van der Waals surface area (Å²) in [6.45, 7) is 8.04. The Morgan fingerprint density at radius 2 is 2.20 bits per heavy atom. The molecule has 0 spiro atoms. The van der Waals surface area contributed by atoms with Gasteiger partial charge in [-0.25, -0.2) is 0 Å². The van der Waals surface area contributed by atoms with Gasteiger partial charge in [-0.1, -0.05) is 18.6 Å². The minimum atomic E-state index is -0.190. The second-order valence-electron chi connectivity index (χ2n) is 6.54. The normalized spacial score (nSPS) is 32.1. The van der Waals surface area contributed by atoms with Crippen LogP contribution in [0.25, 0.3) is 0 Å². The zero-order chi connectivity index (χ0) is 14.5. The van der Waals surface area contributed by atoms with Gasteiger partial charge >= 0.3 is 5.97 Å². The lowest BCUT2D eigenvalue weighted by Gasteiger charge is -2.48. The van der Waals surface area contributed by atoms with Crippen molar-refractivity contribution < 1.29 is 13.9 Å². The van der Waals surface area contributed by atoms with E-state index in [9.17, 15) is 4.79 Å². The van der Waals surface area contributed by atoms with Gasteiger partial charge in [-0.15, -0.1) is 0 Å². The fourth-order valence-electron chi connectivity index (χ4n) is 3.96. The highest BCUT2D eigenvalue weighted by Gasteiger charge is 2.49. The smallest absolute Gasteiger partial charge is 0.302 e. The molecule has 20 heavy (non-hydrogen) atoms. The summed E-state index contributed by atoms with van der Waals surface area (Å²) in [7, 11) is 0. The van der Waals surface area contributed by atoms with Crippen molar-refractivity contribution in [1.29, 1.82) is 0 Å². The van der Waals surface area contributed by atoms with Crippen LogP contribution >= 0.6 is 0 Å². The van der Waals surface area contributed by atoms with E-state index in [0.717, 1.165) is 25.0 Å². The number of fused-ring (bicyclic) bond motifs is 2. The van der Waals surface area contributed by atoms with Crippen molar-refractivity contribution in [1.82, 2.24) is 0 Å². The topological polar surface area (TPSA) is 39.4 Å². The van der Waals surface area contributed by atoms with E-state index in [4.69, 9.17) is 9.15 Å². The van der Waals surface area contributed by atoms with Gasteiger partial charge in [0, 0.05) is 25.2 Å². The van der Waals surface area contributed by atoms with Gasteiger partial charge in [0.2, 0.25) is 0 Å². The quantitative estimate of drug-likeness (QED) is 0.580. The van der Waals surface area contributed by atoms with Crippen LogP contribution in [0.5, 0.6) is 0 Å². The summed E-state index contributed by atoms with van der Waals surface area (Å²) in [5.74, 6) is 1.32. The van der Waals surface area contributed by atoms with Gasteiger partial charge in [-0.05, 0) is 37.3 Å². The van der Waals surface area contributed by atoms with Crippen LogP contribution in [0.15, 0.2) is 22.3 Å². The Morgan fingerprint density at radius 3 is 2.90 bits per heavy atom. The van der Waals surface area contributed by atoms with Crippen LogP contribution in [0, 0.1) is 18.3 Å². The number of carbonyl (C=O) groups is 1. The standard InChI is InChI=1S/C17H22O3/c1-10-5-6-16(20-12(3)18)17(4)8-15-13(7-14(10)17)11(2)9-19-15/h5,9,14,16H,6-8H2,1-4H3. The maximum absolute atomic E-state index is 11.4. The Bertz CT molecular complexity index is 581. The number of rotatable bonds is 1. The Hall–Kier alpha value is -1.51.